The largest absolute Gasteiger partial charge is 0.385 e. The molecule has 1 aliphatic rings. The van der Waals surface area contributed by atoms with Crippen molar-refractivity contribution in [3.8, 4) is 0 Å². The summed E-state index contributed by atoms with van der Waals surface area (Å²) in [5.41, 5.74) is 2.18. The summed E-state index contributed by atoms with van der Waals surface area (Å²) in [5, 5.41) is 2.95. The number of methoxy groups -OCH3 is 1. The highest BCUT2D eigenvalue weighted by Crippen LogP contribution is 2.34. The van der Waals surface area contributed by atoms with Gasteiger partial charge < -0.3 is 15.0 Å². The Labute approximate surface area is 170 Å². The molecular weight excluding hydrogens is 371 g/mol. The summed E-state index contributed by atoms with van der Waals surface area (Å²) >= 11 is 0. The Morgan fingerprint density at radius 3 is 2.55 bits per heavy atom. The van der Waals surface area contributed by atoms with Gasteiger partial charge in [0.05, 0.1) is 11.5 Å². The minimum atomic E-state index is -0.545. The van der Waals surface area contributed by atoms with E-state index in [0.29, 0.717) is 19.7 Å². The van der Waals surface area contributed by atoms with Gasteiger partial charge in [0.25, 0.3) is 5.91 Å². The van der Waals surface area contributed by atoms with E-state index in [1.165, 1.54) is 12.1 Å². The summed E-state index contributed by atoms with van der Waals surface area (Å²) < 4.78 is 19.1. The molecule has 0 spiro atoms. The Bertz CT molecular complexity index is 853. The van der Waals surface area contributed by atoms with E-state index in [9.17, 15) is 14.0 Å². The van der Waals surface area contributed by atoms with Crippen molar-refractivity contribution >= 4 is 11.8 Å². The van der Waals surface area contributed by atoms with E-state index in [-0.39, 0.29) is 35.8 Å². The van der Waals surface area contributed by atoms with Crippen LogP contribution in [0.5, 0.6) is 0 Å². The van der Waals surface area contributed by atoms with Crippen molar-refractivity contribution in [3.05, 3.63) is 71.0 Å². The Kier molecular flexibility index (Phi) is 6.99. The molecule has 3 rings (SSSR count). The van der Waals surface area contributed by atoms with Gasteiger partial charge in [0, 0.05) is 39.3 Å². The maximum atomic E-state index is 14.1. The zero-order valence-electron chi connectivity index (χ0n) is 16.9. The van der Waals surface area contributed by atoms with Gasteiger partial charge in [-0.25, -0.2) is 4.39 Å². The first-order valence-corrected chi connectivity index (χ1v) is 9.88. The van der Waals surface area contributed by atoms with E-state index in [4.69, 9.17) is 4.74 Å². The van der Waals surface area contributed by atoms with Crippen molar-refractivity contribution in [1.82, 2.24) is 10.2 Å². The molecule has 1 N–H and O–H groups in total. The van der Waals surface area contributed by atoms with Crippen molar-refractivity contribution in [2.45, 2.75) is 19.3 Å². The molecule has 29 heavy (non-hydrogen) atoms. The summed E-state index contributed by atoms with van der Waals surface area (Å²) in [6.45, 7) is 3.75. The molecule has 0 aliphatic carbocycles. The molecule has 2 amide bonds. The van der Waals surface area contributed by atoms with E-state index >= 15 is 0 Å². The van der Waals surface area contributed by atoms with E-state index in [1.807, 2.05) is 31.2 Å². The van der Waals surface area contributed by atoms with Crippen LogP contribution in [0.2, 0.25) is 0 Å². The third-order valence-electron chi connectivity index (χ3n) is 5.38. The molecule has 2 unspecified atom stereocenters. The number of carbonyl (C=O) groups is 2. The lowest BCUT2D eigenvalue weighted by Crippen LogP contribution is -2.36. The highest BCUT2D eigenvalue weighted by Gasteiger charge is 2.40. The number of halogens is 1. The van der Waals surface area contributed by atoms with Gasteiger partial charge in [-0.15, -0.1) is 0 Å². The molecule has 1 fully saturated rings. The maximum Gasteiger partial charge on any atom is 0.256 e. The van der Waals surface area contributed by atoms with Crippen LogP contribution < -0.4 is 5.32 Å². The van der Waals surface area contributed by atoms with Crippen LogP contribution in [0, 0.1) is 18.7 Å². The second-order valence-corrected chi connectivity index (χ2v) is 7.45. The van der Waals surface area contributed by atoms with E-state index in [1.54, 1.807) is 24.1 Å². The number of carbonyl (C=O) groups excluding carboxylic acids is 2. The fourth-order valence-electron chi connectivity index (χ4n) is 3.75. The molecule has 5 nitrogen and oxygen atoms in total. The van der Waals surface area contributed by atoms with Crippen molar-refractivity contribution < 1.29 is 18.7 Å². The van der Waals surface area contributed by atoms with Gasteiger partial charge in [-0.05, 0) is 31.0 Å². The molecule has 1 heterocycles. The van der Waals surface area contributed by atoms with Crippen molar-refractivity contribution in [2.24, 2.45) is 5.92 Å². The second kappa shape index (κ2) is 9.65. The topological polar surface area (TPSA) is 58.6 Å². The lowest BCUT2D eigenvalue weighted by molar-refractivity contribution is -0.124. The molecule has 0 radical (unpaired) electrons. The molecule has 0 saturated carbocycles. The van der Waals surface area contributed by atoms with Gasteiger partial charge in [-0.1, -0.05) is 42.0 Å². The first-order chi connectivity index (χ1) is 14.0. The van der Waals surface area contributed by atoms with Crippen LogP contribution in [0.15, 0.2) is 48.5 Å². The minimum absolute atomic E-state index is 0.0382. The maximum absolute atomic E-state index is 14.1. The number of nitrogens with one attached hydrogen (secondary N) is 1. The van der Waals surface area contributed by atoms with Crippen molar-refractivity contribution in [1.29, 1.82) is 0 Å². The fourth-order valence-corrected chi connectivity index (χ4v) is 3.75. The molecular formula is C23H27FN2O3. The van der Waals surface area contributed by atoms with Crippen LogP contribution in [0.1, 0.15) is 33.8 Å². The smallest absolute Gasteiger partial charge is 0.256 e. The normalized spacial score (nSPS) is 18.7. The third-order valence-corrected chi connectivity index (χ3v) is 5.38. The number of hydrogen-bond donors (Lipinski definition) is 1. The lowest BCUT2D eigenvalue weighted by atomic mass is 9.88. The zero-order valence-corrected chi connectivity index (χ0v) is 16.9. The third kappa shape index (κ3) is 5.01. The standard InChI is InChI=1S/C23H27FN2O3/c1-16-8-10-17(11-9-16)19-14-26(23(28)18-6-3-4-7-21(18)24)15-20(19)22(27)25-12-5-13-29-2/h3-4,6-11,19-20H,5,12-15H2,1-2H3,(H,25,27). The summed E-state index contributed by atoms with van der Waals surface area (Å²) in [7, 11) is 1.62. The van der Waals surface area contributed by atoms with Crippen LogP contribution in [-0.2, 0) is 9.53 Å². The Hall–Kier alpha value is -2.73. The summed E-state index contributed by atoms with van der Waals surface area (Å²) in [6.07, 6.45) is 0.724. The van der Waals surface area contributed by atoms with Gasteiger partial charge >= 0.3 is 0 Å². The predicted molar refractivity (Wildman–Crippen MR) is 109 cm³/mol. The van der Waals surface area contributed by atoms with Crippen LogP contribution in [0.3, 0.4) is 0 Å². The van der Waals surface area contributed by atoms with Gasteiger partial charge in [-0.2, -0.15) is 0 Å². The van der Waals surface area contributed by atoms with Crippen LogP contribution in [-0.4, -0.2) is 50.1 Å². The van der Waals surface area contributed by atoms with Crippen molar-refractivity contribution in [2.75, 3.05) is 33.4 Å². The quantitative estimate of drug-likeness (QED) is 0.729. The van der Waals surface area contributed by atoms with Gasteiger partial charge in [0.1, 0.15) is 5.82 Å². The Morgan fingerprint density at radius 2 is 1.86 bits per heavy atom. The Morgan fingerprint density at radius 1 is 1.14 bits per heavy atom. The molecule has 6 heteroatoms. The number of rotatable bonds is 7. The molecule has 154 valence electrons. The van der Waals surface area contributed by atoms with Gasteiger partial charge in [0.2, 0.25) is 5.91 Å². The van der Waals surface area contributed by atoms with Crippen LogP contribution in [0.4, 0.5) is 4.39 Å². The number of benzene rings is 2. The molecule has 2 aromatic rings. The van der Waals surface area contributed by atoms with E-state index in [2.05, 4.69) is 5.32 Å². The fraction of sp³-hybridized carbons (Fsp3) is 0.391. The van der Waals surface area contributed by atoms with Gasteiger partial charge in [-0.3, -0.25) is 9.59 Å². The summed E-state index contributed by atoms with van der Waals surface area (Å²) in [5.74, 6) is -1.52. The average molecular weight is 398 g/mol. The number of ether oxygens (including phenoxy) is 1. The van der Waals surface area contributed by atoms with E-state index < -0.39 is 5.82 Å². The molecule has 0 bridgehead atoms. The number of nitrogens with zero attached hydrogens (tertiary/aromatic N) is 1. The van der Waals surface area contributed by atoms with Crippen LogP contribution in [0.25, 0.3) is 0 Å². The molecule has 2 aromatic carbocycles. The number of amides is 2. The monoisotopic (exact) mass is 398 g/mol. The molecule has 1 saturated heterocycles. The average Bonchev–Trinajstić information content (AvgIpc) is 3.17. The second-order valence-electron chi connectivity index (χ2n) is 7.45. The van der Waals surface area contributed by atoms with E-state index in [0.717, 1.165) is 17.5 Å². The van der Waals surface area contributed by atoms with Gasteiger partial charge in [0.15, 0.2) is 0 Å². The predicted octanol–water partition coefficient (Wildman–Crippen LogP) is 3.14. The summed E-state index contributed by atoms with van der Waals surface area (Å²) in [4.78, 5) is 27.4. The molecule has 0 aromatic heterocycles. The molecule has 2 atom stereocenters. The number of hydrogen-bond acceptors (Lipinski definition) is 3. The summed E-state index contributed by atoms with van der Waals surface area (Å²) in [6, 6.07) is 14.0. The van der Waals surface area contributed by atoms with Crippen molar-refractivity contribution in [3.63, 3.8) is 0 Å². The Balaban J connectivity index is 1.79. The lowest BCUT2D eigenvalue weighted by Gasteiger charge is -2.18. The number of likely N-dealkylation sites (tertiary alicyclic amines) is 1. The molecule has 1 aliphatic heterocycles. The first-order valence-electron chi connectivity index (χ1n) is 9.88. The highest BCUT2D eigenvalue weighted by atomic mass is 19.1. The first kappa shape index (κ1) is 21.0. The minimum Gasteiger partial charge on any atom is -0.385 e. The SMILES string of the molecule is COCCCNC(=O)C1CN(C(=O)c2ccccc2F)CC1c1ccc(C)cc1. The zero-order chi connectivity index (χ0) is 20.8. The number of aryl methyl sites for hydroxylation is 1. The van der Waals surface area contributed by atoms with Crippen LogP contribution >= 0.6 is 0 Å². The highest BCUT2D eigenvalue weighted by molar-refractivity contribution is 5.95.